The molecule has 0 aliphatic heterocycles. The molecule has 0 aliphatic rings. The summed E-state index contributed by atoms with van der Waals surface area (Å²) < 4.78 is 0. The SMILES string of the molecule is C=CC=NC(C)C(C)=CC. The molecule has 56 valence electrons. The van der Waals surface area contributed by atoms with Crippen LogP contribution in [0.1, 0.15) is 20.8 Å². The zero-order valence-corrected chi connectivity index (χ0v) is 6.96. The number of hydrogen-bond donors (Lipinski definition) is 0. The summed E-state index contributed by atoms with van der Waals surface area (Å²) >= 11 is 0. The first kappa shape index (κ1) is 9.15. The number of rotatable bonds is 3. The van der Waals surface area contributed by atoms with Gasteiger partial charge in [-0.1, -0.05) is 24.3 Å². The highest BCUT2D eigenvalue weighted by atomic mass is 14.7. The van der Waals surface area contributed by atoms with Gasteiger partial charge in [-0.3, -0.25) is 4.99 Å². The molecule has 0 aromatic carbocycles. The third kappa shape index (κ3) is 3.23. The van der Waals surface area contributed by atoms with Crippen molar-refractivity contribution in [3.8, 4) is 0 Å². The number of nitrogens with zero attached hydrogens (tertiary/aromatic N) is 1. The van der Waals surface area contributed by atoms with Crippen molar-refractivity contribution in [2.75, 3.05) is 0 Å². The molecule has 1 unspecified atom stereocenters. The second kappa shape index (κ2) is 4.98. The highest BCUT2D eigenvalue weighted by molar-refractivity contribution is 5.70. The summed E-state index contributed by atoms with van der Waals surface area (Å²) in [5.41, 5.74) is 1.29. The maximum Gasteiger partial charge on any atom is 0.0678 e. The molecular weight excluding hydrogens is 122 g/mol. The number of hydrogen-bond acceptors (Lipinski definition) is 1. The lowest BCUT2D eigenvalue weighted by atomic mass is 10.1. The topological polar surface area (TPSA) is 12.4 Å². The lowest BCUT2D eigenvalue weighted by molar-refractivity contribution is 0.865. The van der Waals surface area contributed by atoms with Gasteiger partial charge in [0.1, 0.15) is 0 Å². The van der Waals surface area contributed by atoms with Crippen LogP contribution < -0.4 is 0 Å². The highest BCUT2D eigenvalue weighted by Gasteiger charge is 1.96. The van der Waals surface area contributed by atoms with Gasteiger partial charge in [-0.2, -0.15) is 0 Å². The van der Waals surface area contributed by atoms with Crippen LogP contribution in [0, 0.1) is 0 Å². The standard InChI is InChI=1S/C9H15N/c1-5-7-10-9(4)8(3)6-2/h5-7,9H,1H2,2-4H3. The minimum Gasteiger partial charge on any atom is -0.286 e. The van der Waals surface area contributed by atoms with Crippen molar-refractivity contribution < 1.29 is 0 Å². The van der Waals surface area contributed by atoms with Gasteiger partial charge in [0, 0.05) is 6.21 Å². The van der Waals surface area contributed by atoms with Gasteiger partial charge in [0.2, 0.25) is 0 Å². The van der Waals surface area contributed by atoms with Crippen LogP contribution in [0.4, 0.5) is 0 Å². The van der Waals surface area contributed by atoms with Crippen molar-refractivity contribution in [1.82, 2.24) is 0 Å². The summed E-state index contributed by atoms with van der Waals surface area (Å²) in [6.45, 7) is 9.71. The molecule has 0 fully saturated rings. The average molecular weight is 137 g/mol. The normalized spacial score (nSPS) is 15.7. The lowest BCUT2D eigenvalue weighted by Gasteiger charge is -2.03. The number of aliphatic imine (C=N–C) groups is 1. The Labute approximate surface area is 63.2 Å². The summed E-state index contributed by atoms with van der Waals surface area (Å²) in [4.78, 5) is 4.20. The third-order valence-electron chi connectivity index (χ3n) is 1.53. The largest absolute Gasteiger partial charge is 0.286 e. The Morgan fingerprint density at radius 3 is 2.60 bits per heavy atom. The minimum atomic E-state index is 0.294. The average Bonchev–Trinajstić information content (AvgIpc) is 1.98. The van der Waals surface area contributed by atoms with Crippen LogP contribution in [0.2, 0.25) is 0 Å². The van der Waals surface area contributed by atoms with Crippen LogP contribution in [0.25, 0.3) is 0 Å². The fraction of sp³-hybridized carbons (Fsp3) is 0.444. The van der Waals surface area contributed by atoms with Crippen molar-refractivity contribution in [1.29, 1.82) is 0 Å². The highest BCUT2D eigenvalue weighted by Crippen LogP contribution is 2.03. The summed E-state index contributed by atoms with van der Waals surface area (Å²) in [5.74, 6) is 0. The molecule has 0 radical (unpaired) electrons. The molecule has 0 rings (SSSR count). The Balaban J connectivity index is 3.95. The third-order valence-corrected chi connectivity index (χ3v) is 1.53. The van der Waals surface area contributed by atoms with E-state index in [1.165, 1.54) is 5.57 Å². The van der Waals surface area contributed by atoms with Gasteiger partial charge in [-0.15, -0.1) is 0 Å². The van der Waals surface area contributed by atoms with Gasteiger partial charge in [0.05, 0.1) is 6.04 Å². The molecule has 10 heavy (non-hydrogen) atoms. The van der Waals surface area contributed by atoms with E-state index in [0.717, 1.165) is 0 Å². The molecule has 1 heteroatoms. The second-order valence-corrected chi connectivity index (χ2v) is 2.24. The van der Waals surface area contributed by atoms with Crippen LogP contribution in [0.5, 0.6) is 0 Å². The van der Waals surface area contributed by atoms with Crippen molar-refractivity contribution in [3.63, 3.8) is 0 Å². The van der Waals surface area contributed by atoms with Gasteiger partial charge in [0.25, 0.3) is 0 Å². The quantitative estimate of drug-likeness (QED) is 0.419. The molecule has 1 nitrogen and oxygen atoms in total. The Hall–Kier alpha value is -0.850. The summed E-state index contributed by atoms with van der Waals surface area (Å²) in [6, 6.07) is 0.294. The first-order chi connectivity index (χ1) is 4.72. The monoisotopic (exact) mass is 137 g/mol. The fourth-order valence-corrected chi connectivity index (χ4v) is 0.549. The Morgan fingerprint density at radius 2 is 2.20 bits per heavy atom. The number of allylic oxidation sites excluding steroid dienone is 2. The van der Waals surface area contributed by atoms with Crippen molar-refractivity contribution in [2.45, 2.75) is 26.8 Å². The van der Waals surface area contributed by atoms with E-state index < -0.39 is 0 Å². The Bertz CT molecular complexity index is 154. The van der Waals surface area contributed by atoms with Crippen LogP contribution in [0.15, 0.2) is 29.3 Å². The molecule has 0 aliphatic carbocycles. The molecule has 0 spiro atoms. The van der Waals surface area contributed by atoms with E-state index in [2.05, 4.69) is 31.5 Å². The summed E-state index contributed by atoms with van der Waals surface area (Å²) in [6.07, 6.45) is 5.50. The van der Waals surface area contributed by atoms with Crippen molar-refractivity contribution in [2.24, 2.45) is 4.99 Å². The van der Waals surface area contributed by atoms with E-state index in [9.17, 15) is 0 Å². The molecule has 0 bridgehead atoms. The zero-order valence-electron chi connectivity index (χ0n) is 6.96. The van der Waals surface area contributed by atoms with E-state index in [1.54, 1.807) is 12.3 Å². The molecule has 0 saturated carbocycles. The molecule has 0 heterocycles. The first-order valence-corrected chi connectivity index (χ1v) is 3.49. The van der Waals surface area contributed by atoms with E-state index in [0.29, 0.717) is 6.04 Å². The van der Waals surface area contributed by atoms with Gasteiger partial charge >= 0.3 is 0 Å². The van der Waals surface area contributed by atoms with Crippen LogP contribution in [-0.2, 0) is 0 Å². The van der Waals surface area contributed by atoms with Crippen molar-refractivity contribution >= 4 is 6.21 Å². The molecule has 0 aromatic rings. The molecule has 0 saturated heterocycles. The van der Waals surface area contributed by atoms with Crippen LogP contribution in [0.3, 0.4) is 0 Å². The fourth-order valence-electron chi connectivity index (χ4n) is 0.549. The summed E-state index contributed by atoms with van der Waals surface area (Å²) in [5, 5.41) is 0. The van der Waals surface area contributed by atoms with E-state index in [-0.39, 0.29) is 0 Å². The minimum absolute atomic E-state index is 0.294. The maximum atomic E-state index is 4.20. The van der Waals surface area contributed by atoms with Crippen LogP contribution >= 0.6 is 0 Å². The van der Waals surface area contributed by atoms with Gasteiger partial charge < -0.3 is 0 Å². The smallest absolute Gasteiger partial charge is 0.0678 e. The predicted molar refractivity (Wildman–Crippen MR) is 47.6 cm³/mol. The Morgan fingerprint density at radius 1 is 1.60 bits per heavy atom. The lowest BCUT2D eigenvalue weighted by Crippen LogP contribution is -1.98. The molecule has 0 amide bonds. The van der Waals surface area contributed by atoms with E-state index >= 15 is 0 Å². The molecule has 0 N–H and O–H groups in total. The van der Waals surface area contributed by atoms with Gasteiger partial charge in [-0.05, 0) is 20.8 Å². The van der Waals surface area contributed by atoms with Crippen molar-refractivity contribution in [3.05, 3.63) is 24.3 Å². The molecular formula is C9H15N. The maximum absolute atomic E-state index is 4.20. The summed E-state index contributed by atoms with van der Waals surface area (Å²) in [7, 11) is 0. The van der Waals surface area contributed by atoms with E-state index in [4.69, 9.17) is 0 Å². The van der Waals surface area contributed by atoms with Gasteiger partial charge in [-0.25, -0.2) is 0 Å². The first-order valence-electron chi connectivity index (χ1n) is 3.49. The Kier molecular flexibility index (Phi) is 4.55. The molecule has 1 atom stereocenters. The molecule has 0 aromatic heterocycles. The zero-order chi connectivity index (χ0) is 7.98. The predicted octanol–water partition coefficient (Wildman–Crippen LogP) is 2.60. The second-order valence-electron chi connectivity index (χ2n) is 2.24. The van der Waals surface area contributed by atoms with E-state index in [1.807, 2.05) is 6.92 Å². The van der Waals surface area contributed by atoms with Gasteiger partial charge in [0.15, 0.2) is 0 Å². The van der Waals surface area contributed by atoms with Crippen LogP contribution in [-0.4, -0.2) is 12.3 Å².